The molecule has 0 aromatic heterocycles. The van der Waals surface area contributed by atoms with Crippen LogP contribution in [0.1, 0.15) is 49.7 Å². The van der Waals surface area contributed by atoms with Gasteiger partial charge in [-0.25, -0.2) is 8.78 Å². The molecule has 0 radical (unpaired) electrons. The molecule has 0 fully saturated rings. The second kappa shape index (κ2) is 8.19. The van der Waals surface area contributed by atoms with E-state index in [4.69, 9.17) is 0 Å². The normalized spacial score (nSPS) is 12.4. The minimum atomic E-state index is -0.627. The summed E-state index contributed by atoms with van der Waals surface area (Å²) in [7, 11) is 0. The maximum atomic E-state index is 14.4. The van der Waals surface area contributed by atoms with E-state index in [-0.39, 0.29) is 5.56 Å². The SMILES string of the molecule is CCCCCC(CF)c1cc(F)c(-c2ccc(C)cc2)c(F)c1. The highest BCUT2D eigenvalue weighted by molar-refractivity contribution is 5.65. The number of alkyl halides is 1. The molecule has 3 heteroatoms. The number of hydrogen-bond donors (Lipinski definition) is 0. The first kappa shape index (κ1) is 17.6. The Kier molecular flexibility index (Phi) is 6.26. The van der Waals surface area contributed by atoms with Crippen molar-refractivity contribution in [1.82, 2.24) is 0 Å². The average Bonchev–Trinajstić information content (AvgIpc) is 2.53. The lowest BCUT2D eigenvalue weighted by Crippen LogP contribution is -2.04. The van der Waals surface area contributed by atoms with Crippen LogP contribution < -0.4 is 0 Å². The van der Waals surface area contributed by atoms with Gasteiger partial charge in [0.05, 0.1) is 12.2 Å². The molecule has 0 heterocycles. The predicted molar refractivity (Wildman–Crippen MR) is 89.4 cm³/mol. The van der Waals surface area contributed by atoms with Crippen LogP contribution in [-0.4, -0.2) is 6.67 Å². The summed E-state index contributed by atoms with van der Waals surface area (Å²) in [5, 5.41) is 0. The summed E-state index contributed by atoms with van der Waals surface area (Å²) in [5.41, 5.74) is 1.90. The number of unbranched alkanes of at least 4 members (excludes halogenated alkanes) is 2. The van der Waals surface area contributed by atoms with Crippen LogP contribution in [-0.2, 0) is 0 Å². The molecule has 0 N–H and O–H groups in total. The fourth-order valence-corrected chi connectivity index (χ4v) is 2.80. The van der Waals surface area contributed by atoms with Crippen molar-refractivity contribution in [3.8, 4) is 11.1 Å². The molecule has 124 valence electrons. The molecule has 0 spiro atoms. The zero-order chi connectivity index (χ0) is 16.8. The number of benzene rings is 2. The molecule has 0 aliphatic heterocycles. The van der Waals surface area contributed by atoms with E-state index in [1.807, 2.05) is 19.1 Å². The van der Waals surface area contributed by atoms with Crippen molar-refractivity contribution in [2.45, 2.75) is 45.4 Å². The van der Waals surface area contributed by atoms with Gasteiger partial charge in [-0.05, 0) is 36.6 Å². The Morgan fingerprint density at radius 1 is 0.957 bits per heavy atom. The lowest BCUT2D eigenvalue weighted by Gasteiger charge is -2.15. The van der Waals surface area contributed by atoms with Gasteiger partial charge in [-0.15, -0.1) is 0 Å². The molecule has 0 bridgehead atoms. The molecule has 1 unspecified atom stereocenters. The van der Waals surface area contributed by atoms with Crippen LogP contribution in [0.3, 0.4) is 0 Å². The fraction of sp³-hybridized carbons (Fsp3) is 0.400. The van der Waals surface area contributed by atoms with E-state index in [1.165, 1.54) is 12.1 Å². The lowest BCUT2D eigenvalue weighted by molar-refractivity contribution is 0.403. The third-order valence-corrected chi connectivity index (χ3v) is 4.22. The number of aryl methyl sites for hydroxylation is 1. The van der Waals surface area contributed by atoms with E-state index in [1.54, 1.807) is 12.1 Å². The van der Waals surface area contributed by atoms with Gasteiger partial charge in [0.2, 0.25) is 0 Å². The summed E-state index contributed by atoms with van der Waals surface area (Å²) >= 11 is 0. The molecule has 0 nitrogen and oxygen atoms in total. The quantitative estimate of drug-likeness (QED) is 0.506. The third kappa shape index (κ3) is 4.37. The molecule has 0 aliphatic rings. The molecule has 0 amide bonds. The topological polar surface area (TPSA) is 0 Å². The van der Waals surface area contributed by atoms with Crippen LogP contribution in [0.5, 0.6) is 0 Å². The Hall–Kier alpha value is -1.77. The Morgan fingerprint density at radius 2 is 1.57 bits per heavy atom. The van der Waals surface area contributed by atoms with Gasteiger partial charge in [-0.2, -0.15) is 0 Å². The first-order chi connectivity index (χ1) is 11.1. The van der Waals surface area contributed by atoms with Crippen LogP contribution in [0.25, 0.3) is 11.1 Å². The summed E-state index contributed by atoms with van der Waals surface area (Å²) in [6.07, 6.45) is 3.53. The largest absolute Gasteiger partial charge is 0.250 e. The van der Waals surface area contributed by atoms with E-state index in [2.05, 4.69) is 6.92 Å². The Balaban J connectivity index is 2.30. The van der Waals surface area contributed by atoms with E-state index >= 15 is 0 Å². The van der Waals surface area contributed by atoms with E-state index in [9.17, 15) is 13.2 Å². The van der Waals surface area contributed by atoms with Crippen LogP contribution >= 0.6 is 0 Å². The fourth-order valence-electron chi connectivity index (χ4n) is 2.80. The van der Waals surface area contributed by atoms with Crippen molar-refractivity contribution in [1.29, 1.82) is 0 Å². The zero-order valence-electron chi connectivity index (χ0n) is 13.7. The zero-order valence-corrected chi connectivity index (χ0v) is 13.7. The molecule has 0 aliphatic carbocycles. The third-order valence-electron chi connectivity index (χ3n) is 4.22. The second-order valence-electron chi connectivity index (χ2n) is 6.07. The van der Waals surface area contributed by atoms with Gasteiger partial charge in [-0.1, -0.05) is 56.0 Å². The summed E-state index contributed by atoms with van der Waals surface area (Å²) < 4.78 is 42.1. The number of rotatable bonds is 7. The van der Waals surface area contributed by atoms with Gasteiger partial charge >= 0.3 is 0 Å². The summed E-state index contributed by atoms with van der Waals surface area (Å²) in [4.78, 5) is 0. The number of hydrogen-bond acceptors (Lipinski definition) is 0. The second-order valence-corrected chi connectivity index (χ2v) is 6.07. The molecule has 2 aromatic carbocycles. The summed E-state index contributed by atoms with van der Waals surface area (Å²) in [5.74, 6) is -1.69. The minimum Gasteiger partial charge on any atom is -0.250 e. The van der Waals surface area contributed by atoms with E-state index in [0.29, 0.717) is 17.5 Å². The van der Waals surface area contributed by atoms with Crippen molar-refractivity contribution in [2.24, 2.45) is 0 Å². The van der Waals surface area contributed by atoms with Gasteiger partial charge in [0, 0.05) is 5.92 Å². The molecular weight excluding hydrogens is 297 g/mol. The Bertz CT molecular complexity index is 609. The van der Waals surface area contributed by atoms with Crippen molar-refractivity contribution in [2.75, 3.05) is 6.67 Å². The first-order valence-corrected chi connectivity index (χ1v) is 8.18. The Labute approximate surface area is 136 Å². The first-order valence-electron chi connectivity index (χ1n) is 8.18. The lowest BCUT2D eigenvalue weighted by atomic mass is 9.92. The van der Waals surface area contributed by atoms with Crippen molar-refractivity contribution in [3.63, 3.8) is 0 Å². The van der Waals surface area contributed by atoms with E-state index < -0.39 is 24.2 Å². The minimum absolute atomic E-state index is 0.0417. The van der Waals surface area contributed by atoms with Crippen LogP contribution in [0.4, 0.5) is 13.2 Å². The molecule has 2 aromatic rings. The predicted octanol–water partition coefficient (Wildman–Crippen LogP) is 6.57. The van der Waals surface area contributed by atoms with Gasteiger partial charge in [-0.3, -0.25) is 4.39 Å². The molecule has 2 rings (SSSR count). The highest BCUT2D eigenvalue weighted by Gasteiger charge is 2.18. The highest BCUT2D eigenvalue weighted by Crippen LogP contribution is 2.31. The van der Waals surface area contributed by atoms with Gasteiger partial charge in [0.1, 0.15) is 11.6 Å². The average molecular weight is 320 g/mol. The van der Waals surface area contributed by atoms with Gasteiger partial charge in [0.15, 0.2) is 0 Å². The van der Waals surface area contributed by atoms with Gasteiger partial charge < -0.3 is 0 Å². The molecule has 1 atom stereocenters. The van der Waals surface area contributed by atoms with Crippen molar-refractivity contribution < 1.29 is 13.2 Å². The molecule has 23 heavy (non-hydrogen) atoms. The van der Waals surface area contributed by atoms with Gasteiger partial charge in [0.25, 0.3) is 0 Å². The van der Waals surface area contributed by atoms with Crippen molar-refractivity contribution in [3.05, 3.63) is 59.2 Å². The molecular formula is C20H23F3. The van der Waals surface area contributed by atoms with Crippen LogP contribution in [0, 0.1) is 18.6 Å². The molecule has 0 saturated carbocycles. The Morgan fingerprint density at radius 3 is 2.09 bits per heavy atom. The number of halogens is 3. The maximum absolute atomic E-state index is 14.4. The summed E-state index contributed by atoms with van der Waals surface area (Å²) in [6, 6.07) is 9.60. The standard InChI is InChI=1S/C20H23F3/c1-3-4-5-6-16(13-21)17-11-18(22)20(19(23)12-17)15-9-7-14(2)8-10-15/h7-12,16H,3-6,13H2,1-2H3. The van der Waals surface area contributed by atoms with Crippen LogP contribution in [0.2, 0.25) is 0 Å². The maximum Gasteiger partial charge on any atom is 0.134 e. The summed E-state index contributed by atoms with van der Waals surface area (Å²) in [6.45, 7) is 3.40. The monoisotopic (exact) mass is 320 g/mol. The van der Waals surface area contributed by atoms with Crippen LogP contribution in [0.15, 0.2) is 36.4 Å². The van der Waals surface area contributed by atoms with E-state index in [0.717, 1.165) is 24.8 Å². The molecule has 0 saturated heterocycles. The highest BCUT2D eigenvalue weighted by atomic mass is 19.1. The smallest absolute Gasteiger partial charge is 0.134 e. The van der Waals surface area contributed by atoms with Crippen molar-refractivity contribution >= 4 is 0 Å².